The Morgan fingerprint density at radius 3 is 3.06 bits per heavy atom. The second-order valence-electron chi connectivity index (χ2n) is 4.73. The second kappa shape index (κ2) is 3.79. The van der Waals surface area contributed by atoms with E-state index in [1.807, 2.05) is 18.2 Å². The highest BCUT2D eigenvalue weighted by atomic mass is 15.6. The number of hydrazine groups is 1. The monoisotopic (exact) mass is 218 g/mol. The van der Waals surface area contributed by atoms with Gasteiger partial charge in [-0.3, -0.25) is 5.41 Å². The Hall–Kier alpha value is -1.55. The smallest absolute Gasteiger partial charge is 0.142 e. The summed E-state index contributed by atoms with van der Waals surface area (Å²) < 4.78 is 0. The lowest BCUT2D eigenvalue weighted by Crippen LogP contribution is -2.45. The zero-order valence-corrected chi connectivity index (χ0v) is 9.80. The van der Waals surface area contributed by atoms with Crippen molar-refractivity contribution in [3.8, 4) is 0 Å². The molecule has 0 saturated carbocycles. The van der Waals surface area contributed by atoms with Crippen molar-refractivity contribution in [2.75, 3.05) is 6.54 Å². The van der Waals surface area contributed by atoms with Gasteiger partial charge in [0.2, 0.25) is 0 Å². The second-order valence-corrected chi connectivity index (χ2v) is 4.73. The molecule has 0 aromatic carbocycles. The number of nitrogens with one attached hydrogen (secondary N) is 3. The van der Waals surface area contributed by atoms with Crippen LogP contribution in [-0.2, 0) is 0 Å². The molecule has 4 nitrogen and oxygen atoms in total. The summed E-state index contributed by atoms with van der Waals surface area (Å²) >= 11 is 0. The van der Waals surface area contributed by atoms with Gasteiger partial charge in [-0.2, -0.15) is 0 Å². The number of rotatable bonds is 3. The lowest BCUT2D eigenvalue weighted by atomic mass is 9.84. The van der Waals surface area contributed by atoms with Gasteiger partial charge < -0.3 is 5.32 Å². The molecule has 2 aliphatic heterocycles. The van der Waals surface area contributed by atoms with Gasteiger partial charge in [-0.15, -0.1) is 6.58 Å². The van der Waals surface area contributed by atoms with Crippen molar-refractivity contribution < 1.29 is 0 Å². The van der Waals surface area contributed by atoms with E-state index < -0.39 is 0 Å². The summed E-state index contributed by atoms with van der Waals surface area (Å²) in [4.78, 5) is 0. The summed E-state index contributed by atoms with van der Waals surface area (Å²) in [5.41, 5.74) is 4.16. The van der Waals surface area contributed by atoms with Gasteiger partial charge in [-0.1, -0.05) is 19.9 Å². The summed E-state index contributed by atoms with van der Waals surface area (Å²) in [7, 11) is 0. The van der Waals surface area contributed by atoms with E-state index in [9.17, 15) is 0 Å². The van der Waals surface area contributed by atoms with E-state index in [0.717, 1.165) is 24.5 Å². The number of hydrogen-bond acceptors (Lipinski definition) is 3. The molecule has 0 radical (unpaired) electrons. The van der Waals surface area contributed by atoms with Crippen LogP contribution in [0, 0.1) is 10.8 Å². The standard InChI is InChI=1S/C12H18N4/c1-4-6-12(2,3)9-8-10(13)16-11(15-9)5-7-14-16/h4-5,8,13-15H,1,6-7H2,2-3H3. The Kier molecular flexibility index (Phi) is 2.59. The molecule has 0 aromatic heterocycles. The van der Waals surface area contributed by atoms with Gasteiger partial charge in [0.25, 0.3) is 0 Å². The van der Waals surface area contributed by atoms with Crippen LogP contribution in [0.2, 0.25) is 0 Å². The van der Waals surface area contributed by atoms with E-state index in [2.05, 4.69) is 31.2 Å². The molecule has 0 saturated heterocycles. The minimum atomic E-state index is -0.0103. The number of hydrogen-bond donors (Lipinski definition) is 3. The zero-order valence-electron chi connectivity index (χ0n) is 9.80. The van der Waals surface area contributed by atoms with Crippen molar-refractivity contribution in [1.29, 1.82) is 5.41 Å². The maximum Gasteiger partial charge on any atom is 0.142 e. The summed E-state index contributed by atoms with van der Waals surface area (Å²) in [6.45, 7) is 8.86. The maximum absolute atomic E-state index is 7.94. The number of allylic oxidation sites excluding steroid dienone is 2. The summed E-state index contributed by atoms with van der Waals surface area (Å²) in [5.74, 6) is 1.44. The molecule has 86 valence electrons. The molecule has 2 rings (SSSR count). The van der Waals surface area contributed by atoms with Gasteiger partial charge in [0, 0.05) is 23.7 Å². The van der Waals surface area contributed by atoms with Crippen LogP contribution in [0.4, 0.5) is 0 Å². The van der Waals surface area contributed by atoms with E-state index in [1.54, 1.807) is 5.01 Å². The lowest BCUT2D eigenvalue weighted by molar-refractivity contribution is 0.363. The topological polar surface area (TPSA) is 51.2 Å². The third kappa shape index (κ3) is 1.76. The molecule has 2 heterocycles. The minimum absolute atomic E-state index is 0.0103. The molecule has 3 N–H and O–H groups in total. The third-order valence-electron chi connectivity index (χ3n) is 2.95. The first kappa shape index (κ1) is 11.0. The van der Waals surface area contributed by atoms with Gasteiger partial charge in [0.05, 0.1) is 0 Å². The fraction of sp³-hybridized carbons (Fsp3) is 0.417. The highest BCUT2D eigenvalue weighted by molar-refractivity contribution is 5.93. The first-order chi connectivity index (χ1) is 7.54. The Morgan fingerprint density at radius 1 is 1.62 bits per heavy atom. The molecule has 0 bridgehead atoms. The van der Waals surface area contributed by atoms with Gasteiger partial charge in [-0.05, 0) is 12.5 Å². The molecule has 0 aromatic rings. The van der Waals surface area contributed by atoms with Gasteiger partial charge in [-0.25, -0.2) is 10.4 Å². The van der Waals surface area contributed by atoms with E-state index in [4.69, 9.17) is 5.41 Å². The van der Waals surface area contributed by atoms with Crippen molar-refractivity contribution in [2.45, 2.75) is 20.3 Å². The zero-order chi connectivity index (χ0) is 11.8. The molecular formula is C12H18N4. The lowest BCUT2D eigenvalue weighted by Gasteiger charge is -2.35. The molecule has 0 atom stereocenters. The molecular weight excluding hydrogens is 200 g/mol. The van der Waals surface area contributed by atoms with Crippen LogP contribution in [0.25, 0.3) is 0 Å². The number of amidine groups is 1. The van der Waals surface area contributed by atoms with Crippen LogP contribution in [-0.4, -0.2) is 17.4 Å². The minimum Gasteiger partial charge on any atom is -0.344 e. The van der Waals surface area contributed by atoms with Crippen molar-refractivity contribution in [3.63, 3.8) is 0 Å². The van der Waals surface area contributed by atoms with E-state index in [-0.39, 0.29) is 5.41 Å². The Balaban J connectivity index is 2.27. The highest BCUT2D eigenvalue weighted by Crippen LogP contribution is 2.32. The molecule has 0 unspecified atom stereocenters. The molecule has 0 amide bonds. The highest BCUT2D eigenvalue weighted by Gasteiger charge is 2.30. The van der Waals surface area contributed by atoms with Crippen molar-refractivity contribution in [2.24, 2.45) is 5.41 Å². The first-order valence-electron chi connectivity index (χ1n) is 5.47. The largest absolute Gasteiger partial charge is 0.344 e. The third-order valence-corrected chi connectivity index (χ3v) is 2.95. The average Bonchev–Trinajstić information content (AvgIpc) is 2.65. The molecule has 16 heavy (non-hydrogen) atoms. The first-order valence-corrected chi connectivity index (χ1v) is 5.47. The molecule has 0 fully saturated rings. The van der Waals surface area contributed by atoms with Crippen LogP contribution in [0.3, 0.4) is 0 Å². The van der Waals surface area contributed by atoms with Gasteiger partial charge in [0.1, 0.15) is 11.7 Å². The predicted octanol–water partition coefficient (Wildman–Crippen LogP) is 1.71. The van der Waals surface area contributed by atoms with Crippen molar-refractivity contribution >= 4 is 5.84 Å². The Morgan fingerprint density at radius 2 is 2.38 bits per heavy atom. The van der Waals surface area contributed by atoms with Crippen LogP contribution in [0.1, 0.15) is 20.3 Å². The molecule has 0 spiro atoms. The SMILES string of the molecule is C=CCC(C)(C)C1=CC(=N)N2NCC=C2N1. The Bertz CT molecular complexity index is 390. The Labute approximate surface area is 96.2 Å². The fourth-order valence-electron chi connectivity index (χ4n) is 1.94. The average molecular weight is 218 g/mol. The quantitative estimate of drug-likeness (QED) is 0.632. The van der Waals surface area contributed by atoms with E-state index >= 15 is 0 Å². The van der Waals surface area contributed by atoms with Crippen LogP contribution >= 0.6 is 0 Å². The van der Waals surface area contributed by atoms with Gasteiger partial charge >= 0.3 is 0 Å². The van der Waals surface area contributed by atoms with Crippen molar-refractivity contribution in [1.82, 2.24) is 15.8 Å². The number of nitrogens with zero attached hydrogens (tertiary/aromatic N) is 1. The van der Waals surface area contributed by atoms with Crippen molar-refractivity contribution in [3.05, 3.63) is 36.3 Å². The predicted molar refractivity (Wildman–Crippen MR) is 65.5 cm³/mol. The van der Waals surface area contributed by atoms with E-state index in [0.29, 0.717) is 5.84 Å². The number of fused-ring (bicyclic) bond motifs is 1. The van der Waals surface area contributed by atoms with Gasteiger partial charge in [0.15, 0.2) is 0 Å². The summed E-state index contributed by atoms with van der Waals surface area (Å²) in [5, 5.41) is 13.1. The van der Waals surface area contributed by atoms with Crippen LogP contribution in [0.15, 0.2) is 36.3 Å². The maximum atomic E-state index is 7.94. The normalized spacial score (nSPS) is 19.9. The molecule has 4 heteroatoms. The summed E-state index contributed by atoms with van der Waals surface area (Å²) in [6, 6.07) is 0. The van der Waals surface area contributed by atoms with Crippen LogP contribution in [0.5, 0.6) is 0 Å². The molecule has 2 aliphatic rings. The fourth-order valence-corrected chi connectivity index (χ4v) is 1.94. The van der Waals surface area contributed by atoms with E-state index in [1.165, 1.54) is 0 Å². The molecule has 0 aliphatic carbocycles. The van der Waals surface area contributed by atoms with Crippen LogP contribution < -0.4 is 10.7 Å². The summed E-state index contributed by atoms with van der Waals surface area (Å²) in [6.07, 6.45) is 6.73.